The Labute approximate surface area is 165 Å². The van der Waals surface area contributed by atoms with Crippen molar-refractivity contribution in [2.24, 2.45) is 0 Å². The zero-order valence-corrected chi connectivity index (χ0v) is 16.1. The van der Waals surface area contributed by atoms with E-state index < -0.39 is 29.0 Å². The van der Waals surface area contributed by atoms with Crippen molar-refractivity contribution in [1.29, 1.82) is 0 Å². The molecule has 29 heavy (non-hydrogen) atoms. The molecule has 0 radical (unpaired) electrons. The number of nitrogens with one attached hydrogen (secondary N) is 1. The summed E-state index contributed by atoms with van der Waals surface area (Å²) in [5, 5.41) is 6.67. The van der Waals surface area contributed by atoms with Crippen LogP contribution in [-0.4, -0.2) is 22.8 Å². The minimum Gasteiger partial charge on any atom is -0.494 e. The van der Waals surface area contributed by atoms with Crippen molar-refractivity contribution in [1.82, 2.24) is 15.1 Å². The van der Waals surface area contributed by atoms with Gasteiger partial charge in [-0.15, -0.1) is 0 Å². The van der Waals surface area contributed by atoms with Gasteiger partial charge in [-0.1, -0.05) is 18.2 Å². The van der Waals surface area contributed by atoms with Gasteiger partial charge in [-0.05, 0) is 43.7 Å². The van der Waals surface area contributed by atoms with Gasteiger partial charge in [0, 0.05) is 11.8 Å². The highest BCUT2D eigenvalue weighted by Crippen LogP contribution is 2.22. The van der Waals surface area contributed by atoms with Crippen LogP contribution >= 0.6 is 0 Å². The second-order valence-electron chi connectivity index (χ2n) is 6.45. The number of amides is 1. The van der Waals surface area contributed by atoms with Crippen LogP contribution in [0.1, 0.15) is 34.7 Å². The topological polar surface area (TPSA) is 73.2 Å². The Balaban J connectivity index is 1.91. The molecule has 1 unspecified atom stereocenters. The van der Waals surface area contributed by atoms with E-state index in [0.717, 1.165) is 0 Å². The Morgan fingerprint density at radius 3 is 2.52 bits per heavy atom. The number of carbonyl (C=O) groups excluding carboxylic acids is 1. The van der Waals surface area contributed by atoms with E-state index in [1.165, 1.54) is 48.2 Å². The van der Waals surface area contributed by atoms with E-state index in [1.54, 1.807) is 26.0 Å². The van der Waals surface area contributed by atoms with Gasteiger partial charge in [-0.3, -0.25) is 9.59 Å². The molecular formula is C21H19F2N3O3. The molecule has 8 heteroatoms. The van der Waals surface area contributed by atoms with Crippen LogP contribution < -0.4 is 15.5 Å². The molecule has 1 aromatic heterocycles. The molecule has 1 heterocycles. The maximum absolute atomic E-state index is 14.1. The lowest BCUT2D eigenvalue weighted by Crippen LogP contribution is -2.33. The summed E-state index contributed by atoms with van der Waals surface area (Å²) in [6, 6.07) is 10.8. The third-order valence-corrected chi connectivity index (χ3v) is 4.43. The number of ether oxygens (including phenoxy) is 1. The van der Waals surface area contributed by atoms with Crippen LogP contribution in [0.4, 0.5) is 8.78 Å². The number of carbonyl (C=O) groups is 1. The van der Waals surface area contributed by atoms with Gasteiger partial charge in [0.25, 0.3) is 5.91 Å². The van der Waals surface area contributed by atoms with Crippen molar-refractivity contribution in [2.45, 2.75) is 19.9 Å². The van der Waals surface area contributed by atoms with Crippen molar-refractivity contribution < 1.29 is 18.3 Å². The molecule has 0 fully saturated rings. The zero-order valence-electron chi connectivity index (χ0n) is 16.1. The molecule has 0 spiro atoms. The maximum atomic E-state index is 14.1. The molecule has 1 N–H and O–H groups in total. The Kier molecular flexibility index (Phi) is 5.72. The van der Waals surface area contributed by atoms with Crippen LogP contribution in [0.15, 0.2) is 53.3 Å². The van der Waals surface area contributed by atoms with Gasteiger partial charge in [0.2, 0.25) is 5.43 Å². The summed E-state index contributed by atoms with van der Waals surface area (Å²) < 4.78 is 34.1. The summed E-state index contributed by atoms with van der Waals surface area (Å²) >= 11 is 0. The molecule has 0 aliphatic carbocycles. The van der Waals surface area contributed by atoms with Gasteiger partial charge in [0.15, 0.2) is 17.3 Å². The summed E-state index contributed by atoms with van der Waals surface area (Å²) in [4.78, 5) is 24.9. The number of methoxy groups -OCH3 is 1. The molecule has 2 aromatic carbocycles. The second kappa shape index (κ2) is 8.22. The van der Waals surface area contributed by atoms with Gasteiger partial charge in [-0.2, -0.15) is 5.10 Å². The minimum absolute atomic E-state index is 0.0836. The molecule has 0 aliphatic rings. The van der Waals surface area contributed by atoms with E-state index in [4.69, 9.17) is 4.74 Å². The molecule has 6 nitrogen and oxygen atoms in total. The molecule has 150 valence electrons. The van der Waals surface area contributed by atoms with Crippen LogP contribution in [0, 0.1) is 18.6 Å². The van der Waals surface area contributed by atoms with Crippen molar-refractivity contribution in [3.05, 3.63) is 87.3 Å². The highest BCUT2D eigenvalue weighted by Gasteiger charge is 2.19. The highest BCUT2D eigenvalue weighted by molar-refractivity contribution is 5.92. The fraction of sp³-hybridized carbons (Fsp3) is 0.190. The van der Waals surface area contributed by atoms with Crippen LogP contribution in [0.2, 0.25) is 0 Å². The normalized spacial score (nSPS) is 11.8. The lowest BCUT2D eigenvalue weighted by molar-refractivity contribution is 0.0931. The predicted octanol–water partition coefficient (Wildman–Crippen LogP) is 3.32. The Bertz CT molecular complexity index is 1130. The molecular weight excluding hydrogens is 380 g/mol. The van der Waals surface area contributed by atoms with E-state index in [9.17, 15) is 18.4 Å². The third kappa shape index (κ3) is 4.16. The molecule has 1 atom stereocenters. The molecule has 1 amide bonds. The van der Waals surface area contributed by atoms with E-state index in [0.29, 0.717) is 11.3 Å². The number of benzene rings is 2. The van der Waals surface area contributed by atoms with E-state index in [1.807, 2.05) is 0 Å². The van der Waals surface area contributed by atoms with Crippen LogP contribution in [-0.2, 0) is 0 Å². The van der Waals surface area contributed by atoms with Crippen molar-refractivity contribution in [3.63, 3.8) is 0 Å². The number of hydrogen-bond acceptors (Lipinski definition) is 4. The predicted molar refractivity (Wildman–Crippen MR) is 103 cm³/mol. The first-order valence-electron chi connectivity index (χ1n) is 8.82. The van der Waals surface area contributed by atoms with Gasteiger partial charge >= 0.3 is 0 Å². The van der Waals surface area contributed by atoms with E-state index in [-0.39, 0.29) is 17.1 Å². The van der Waals surface area contributed by atoms with E-state index in [2.05, 4.69) is 10.4 Å². The first-order chi connectivity index (χ1) is 13.8. The fourth-order valence-corrected chi connectivity index (χ4v) is 2.87. The van der Waals surface area contributed by atoms with Gasteiger partial charge < -0.3 is 10.1 Å². The number of rotatable bonds is 5. The summed E-state index contributed by atoms with van der Waals surface area (Å²) in [6.07, 6.45) is 0. The lowest BCUT2D eigenvalue weighted by Gasteiger charge is -2.16. The molecule has 0 bridgehead atoms. The minimum atomic E-state index is -0.746. The Morgan fingerprint density at radius 2 is 1.86 bits per heavy atom. The summed E-state index contributed by atoms with van der Waals surface area (Å²) in [5.74, 6) is -1.77. The van der Waals surface area contributed by atoms with Gasteiger partial charge in [-0.25, -0.2) is 13.5 Å². The van der Waals surface area contributed by atoms with E-state index >= 15 is 0 Å². The lowest BCUT2D eigenvalue weighted by atomic mass is 10.1. The number of para-hydroxylation sites is 1. The van der Waals surface area contributed by atoms with Crippen molar-refractivity contribution >= 4 is 5.91 Å². The van der Waals surface area contributed by atoms with Crippen LogP contribution in [0.5, 0.6) is 5.75 Å². The van der Waals surface area contributed by atoms with Gasteiger partial charge in [0.1, 0.15) is 11.5 Å². The number of aryl methyl sites for hydroxylation is 1. The summed E-state index contributed by atoms with van der Waals surface area (Å²) in [6.45, 7) is 3.23. The average molecular weight is 399 g/mol. The number of halogens is 2. The van der Waals surface area contributed by atoms with Crippen LogP contribution in [0.25, 0.3) is 5.69 Å². The maximum Gasteiger partial charge on any atom is 0.276 e. The van der Waals surface area contributed by atoms with Crippen molar-refractivity contribution in [2.75, 3.05) is 7.11 Å². The molecule has 3 aromatic rings. The Morgan fingerprint density at radius 1 is 1.14 bits per heavy atom. The Hall–Kier alpha value is -3.55. The molecule has 0 saturated carbocycles. The van der Waals surface area contributed by atoms with Crippen LogP contribution in [0.3, 0.4) is 0 Å². The standard InChI is InChI=1S/C21H19F2N3O3/c1-12-10-18(27)20(25-26(12)17-7-5-4-6-15(17)22)21(28)24-13(2)14-8-9-19(29-3)16(23)11-14/h4-11,13H,1-3H3,(H,24,28). The molecule has 3 rings (SSSR count). The SMILES string of the molecule is COc1ccc(C(C)NC(=O)c2nn(-c3ccccc3F)c(C)cc2=O)cc1F. The third-order valence-electron chi connectivity index (χ3n) is 4.43. The number of aromatic nitrogens is 2. The quantitative estimate of drug-likeness (QED) is 0.714. The summed E-state index contributed by atoms with van der Waals surface area (Å²) in [5.41, 5.74) is -0.00942. The monoisotopic (exact) mass is 399 g/mol. The molecule has 0 aliphatic heterocycles. The number of nitrogens with zero attached hydrogens (tertiary/aromatic N) is 2. The zero-order chi connectivity index (χ0) is 21.1. The highest BCUT2D eigenvalue weighted by atomic mass is 19.1. The smallest absolute Gasteiger partial charge is 0.276 e. The summed E-state index contributed by atoms with van der Waals surface area (Å²) in [7, 11) is 1.35. The first-order valence-corrected chi connectivity index (χ1v) is 8.82. The fourth-order valence-electron chi connectivity index (χ4n) is 2.87. The van der Waals surface area contributed by atoms with Gasteiger partial charge in [0.05, 0.1) is 13.2 Å². The van der Waals surface area contributed by atoms with Crippen molar-refractivity contribution in [3.8, 4) is 11.4 Å². The molecule has 0 saturated heterocycles. The first kappa shape index (κ1) is 20.2. The average Bonchev–Trinajstić information content (AvgIpc) is 2.68. The number of hydrogen-bond donors (Lipinski definition) is 1. The second-order valence-corrected chi connectivity index (χ2v) is 6.45. The largest absolute Gasteiger partial charge is 0.494 e.